The third kappa shape index (κ3) is 18.9. The van der Waals surface area contributed by atoms with Crippen molar-refractivity contribution in [1.29, 1.82) is 0 Å². The molecule has 2 heterocycles. The van der Waals surface area contributed by atoms with E-state index >= 15 is 0 Å². The largest absolute Gasteiger partial charge is 0.457 e. The molecule has 0 bridgehead atoms. The average Bonchev–Trinajstić information content (AvgIpc) is 3.16. The first-order chi connectivity index (χ1) is 26.1. The monoisotopic (exact) mass is 774 g/mol. The van der Waals surface area contributed by atoms with Crippen molar-refractivity contribution in [2.24, 2.45) is 0 Å². The van der Waals surface area contributed by atoms with Gasteiger partial charge in [-0.3, -0.25) is 4.79 Å². The van der Waals surface area contributed by atoms with Gasteiger partial charge in [-0.15, -0.1) is 0 Å². The average molecular weight is 775 g/mol. The molecule has 314 valence electrons. The zero-order chi connectivity index (χ0) is 39.6. The normalized spacial score (nSPS) is 29.8. The summed E-state index contributed by atoms with van der Waals surface area (Å²) in [6, 6.07) is 0. The SMILES string of the molecule is CC/C=C\C/C=C\C/C=C\CCCCCC(=O)OC(COCCCCCCCCC)COC1OC(COC2OC(CO)C(O)C(O)C2O)C(O)C(O)C1O. The van der Waals surface area contributed by atoms with E-state index in [0.29, 0.717) is 13.0 Å². The molecular weight excluding hydrogens is 704 g/mol. The maximum absolute atomic E-state index is 12.8. The van der Waals surface area contributed by atoms with E-state index in [2.05, 4.69) is 50.3 Å². The smallest absolute Gasteiger partial charge is 0.306 e. The lowest BCUT2D eigenvalue weighted by Gasteiger charge is -2.42. The van der Waals surface area contributed by atoms with E-state index in [9.17, 15) is 40.5 Å². The lowest BCUT2D eigenvalue weighted by atomic mass is 9.98. The number of aliphatic hydroxyl groups is 7. The maximum atomic E-state index is 12.8. The summed E-state index contributed by atoms with van der Waals surface area (Å²) in [5, 5.41) is 71.5. The summed E-state index contributed by atoms with van der Waals surface area (Å²) in [5.74, 6) is -0.410. The van der Waals surface area contributed by atoms with Gasteiger partial charge in [-0.25, -0.2) is 0 Å². The number of aliphatic hydroxyl groups excluding tert-OH is 7. The Morgan fingerprint density at radius 3 is 1.87 bits per heavy atom. The number of rotatable bonds is 29. The Morgan fingerprint density at radius 1 is 0.630 bits per heavy atom. The molecule has 2 fully saturated rings. The van der Waals surface area contributed by atoms with Crippen molar-refractivity contribution in [2.75, 3.05) is 33.0 Å². The summed E-state index contributed by atoms with van der Waals surface area (Å²) in [6.45, 7) is 3.45. The molecular formula is C40H70O14. The topological polar surface area (TPSA) is 214 Å². The Kier molecular flexibility index (Phi) is 26.4. The van der Waals surface area contributed by atoms with Crippen molar-refractivity contribution in [3.8, 4) is 0 Å². The van der Waals surface area contributed by atoms with Gasteiger partial charge in [-0.2, -0.15) is 0 Å². The first-order valence-electron chi connectivity index (χ1n) is 20.1. The van der Waals surface area contributed by atoms with Crippen LogP contribution in [0.2, 0.25) is 0 Å². The second kappa shape index (κ2) is 29.5. The predicted molar refractivity (Wildman–Crippen MR) is 201 cm³/mol. The zero-order valence-corrected chi connectivity index (χ0v) is 32.4. The number of esters is 1. The van der Waals surface area contributed by atoms with Gasteiger partial charge in [0.15, 0.2) is 12.6 Å². The Hall–Kier alpha value is -1.79. The summed E-state index contributed by atoms with van der Waals surface area (Å²) in [4.78, 5) is 12.8. The number of carbonyl (C=O) groups excluding carboxylic acids is 1. The van der Waals surface area contributed by atoms with E-state index in [4.69, 9.17) is 28.4 Å². The van der Waals surface area contributed by atoms with Crippen molar-refractivity contribution in [2.45, 2.75) is 178 Å². The minimum Gasteiger partial charge on any atom is -0.457 e. The first-order valence-corrected chi connectivity index (χ1v) is 20.1. The highest BCUT2D eigenvalue weighted by Crippen LogP contribution is 2.26. The molecule has 2 saturated heterocycles. The van der Waals surface area contributed by atoms with Crippen LogP contribution in [-0.4, -0.2) is 142 Å². The molecule has 0 amide bonds. The highest BCUT2D eigenvalue weighted by Gasteiger charge is 2.47. The van der Waals surface area contributed by atoms with Crippen molar-refractivity contribution < 1.29 is 69.0 Å². The molecule has 0 aromatic carbocycles. The molecule has 0 saturated carbocycles. The fourth-order valence-electron chi connectivity index (χ4n) is 6.06. The molecule has 7 N–H and O–H groups in total. The molecule has 0 spiro atoms. The lowest BCUT2D eigenvalue weighted by molar-refractivity contribution is -0.332. The standard InChI is InChI=1S/C40H70O14/c1-3-5-7-9-11-12-13-14-15-16-17-19-21-23-32(42)52-29(26-49-24-22-20-18-10-8-6-4-2)27-50-39-38(48)36(46)34(44)31(54-39)28-51-40-37(47)35(45)33(43)30(25-41)53-40/h5,7,11-12,14-15,29-31,33-41,43-48H,3-4,6,8-10,13,16-28H2,1-2H3/b7-5-,12-11-,15-14-. The molecule has 2 aliphatic rings. The number of hydrogen-bond acceptors (Lipinski definition) is 14. The minimum absolute atomic E-state index is 0.0490. The number of ether oxygens (including phenoxy) is 6. The van der Waals surface area contributed by atoms with Crippen molar-refractivity contribution in [3.05, 3.63) is 36.5 Å². The summed E-state index contributed by atoms with van der Waals surface area (Å²) in [7, 11) is 0. The van der Waals surface area contributed by atoms with Gasteiger partial charge < -0.3 is 64.2 Å². The van der Waals surface area contributed by atoms with Crippen LogP contribution in [0.4, 0.5) is 0 Å². The van der Waals surface area contributed by atoms with Crippen LogP contribution in [0.5, 0.6) is 0 Å². The Balaban J connectivity index is 1.86. The highest BCUT2D eigenvalue weighted by molar-refractivity contribution is 5.69. The number of allylic oxidation sites excluding steroid dienone is 6. The van der Waals surface area contributed by atoms with Gasteiger partial charge >= 0.3 is 5.97 Å². The van der Waals surface area contributed by atoms with E-state index in [1.54, 1.807) is 0 Å². The first kappa shape index (κ1) is 48.4. The maximum Gasteiger partial charge on any atom is 0.306 e. The zero-order valence-electron chi connectivity index (χ0n) is 32.4. The van der Waals surface area contributed by atoms with Crippen molar-refractivity contribution >= 4 is 5.97 Å². The third-order valence-electron chi connectivity index (χ3n) is 9.41. The molecule has 54 heavy (non-hydrogen) atoms. The van der Waals surface area contributed by atoms with Crippen LogP contribution in [0.25, 0.3) is 0 Å². The van der Waals surface area contributed by atoms with Crippen LogP contribution in [0.3, 0.4) is 0 Å². The molecule has 0 aliphatic carbocycles. The van der Waals surface area contributed by atoms with Gasteiger partial charge in [0.2, 0.25) is 0 Å². The van der Waals surface area contributed by atoms with E-state index < -0.39 is 86.7 Å². The van der Waals surface area contributed by atoms with Crippen LogP contribution < -0.4 is 0 Å². The molecule has 2 aliphatic heterocycles. The highest BCUT2D eigenvalue weighted by atomic mass is 16.7. The summed E-state index contributed by atoms with van der Waals surface area (Å²) in [6.07, 6.45) is 11.1. The summed E-state index contributed by atoms with van der Waals surface area (Å²) >= 11 is 0. The fraction of sp³-hybridized carbons (Fsp3) is 0.825. The molecule has 0 aromatic heterocycles. The van der Waals surface area contributed by atoms with Gasteiger partial charge in [0, 0.05) is 13.0 Å². The number of unbranched alkanes of at least 4 members (excludes halogenated alkanes) is 9. The Bertz CT molecular complexity index is 1040. The van der Waals surface area contributed by atoms with Crippen LogP contribution in [0.1, 0.15) is 110 Å². The predicted octanol–water partition coefficient (Wildman–Crippen LogP) is 3.12. The van der Waals surface area contributed by atoms with E-state index in [0.717, 1.165) is 57.8 Å². The van der Waals surface area contributed by atoms with E-state index in [1.807, 2.05) is 0 Å². The number of hydrogen-bond donors (Lipinski definition) is 7. The van der Waals surface area contributed by atoms with Gasteiger partial charge in [-0.05, 0) is 44.9 Å². The lowest BCUT2D eigenvalue weighted by Crippen LogP contribution is -2.61. The van der Waals surface area contributed by atoms with Gasteiger partial charge in [-0.1, -0.05) is 95.2 Å². The minimum atomic E-state index is -1.71. The summed E-state index contributed by atoms with van der Waals surface area (Å²) < 4.78 is 33.9. The van der Waals surface area contributed by atoms with Crippen LogP contribution in [-0.2, 0) is 33.2 Å². The van der Waals surface area contributed by atoms with Crippen molar-refractivity contribution in [1.82, 2.24) is 0 Å². The molecule has 11 unspecified atom stereocenters. The Morgan fingerprint density at radius 2 is 1.20 bits per heavy atom. The van der Waals surface area contributed by atoms with Gasteiger partial charge in [0.05, 0.1) is 26.4 Å². The molecule has 0 aromatic rings. The molecule has 14 heteroatoms. The van der Waals surface area contributed by atoms with E-state index in [-0.39, 0.29) is 19.6 Å². The molecule has 0 radical (unpaired) electrons. The second-order valence-electron chi connectivity index (χ2n) is 14.1. The number of carbonyl (C=O) groups is 1. The quantitative estimate of drug-likeness (QED) is 0.0331. The van der Waals surface area contributed by atoms with Crippen molar-refractivity contribution in [3.63, 3.8) is 0 Å². The third-order valence-corrected chi connectivity index (χ3v) is 9.41. The van der Waals surface area contributed by atoms with Gasteiger partial charge in [0.1, 0.15) is 54.9 Å². The Labute approximate surface area is 321 Å². The summed E-state index contributed by atoms with van der Waals surface area (Å²) in [5.41, 5.74) is 0. The van der Waals surface area contributed by atoms with Crippen LogP contribution >= 0.6 is 0 Å². The fourth-order valence-corrected chi connectivity index (χ4v) is 6.06. The van der Waals surface area contributed by atoms with Crippen LogP contribution in [0.15, 0.2) is 36.5 Å². The van der Waals surface area contributed by atoms with Crippen LogP contribution in [0, 0.1) is 0 Å². The second-order valence-corrected chi connectivity index (χ2v) is 14.1. The van der Waals surface area contributed by atoms with E-state index in [1.165, 1.54) is 25.7 Å². The molecule has 11 atom stereocenters. The van der Waals surface area contributed by atoms with Gasteiger partial charge in [0.25, 0.3) is 0 Å². The molecule has 2 rings (SSSR count). The molecule has 14 nitrogen and oxygen atoms in total.